The third-order valence-electron chi connectivity index (χ3n) is 2.76. The van der Waals surface area contributed by atoms with E-state index in [-0.39, 0.29) is 17.7 Å². The second kappa shape index (κ2) is 7.23. The molecular formula is C13H18N4O2S. The molecule has 1 aromatic rings. The third kappa shape index (κ3) is 4.80. The van der Waals surface area contributed by atoms with Crippen molar-refractivity contribution < 1.29 is 9.59 Å². The number of aromatic nitrogens is 2. The van der Waals surface area contributed by atoms with Crippen LogP contribution in [0.15, 0.2) is 17.2 Å². The molecule has 1 aromatic heterocycles. The average Bonchev–Trinajstić information content (AvgIpc) is 3.29. The largest absolute Gasteiger partial charge is 0.355 e. The maximum absolute atomic E-state index is 11.5. The van der Waals surface area contributed by atoms with Gasteiger partial charge in [-0.2, -0.15) is 0 Å². The molecule has 0 atom stereocenters. The molecule has 1 heterocycles. The van der Waals surface area contributed by atoms with E-state index in [1.807, 2.05) is 6.92 Å². The summed E-state index contributed by atoms with van der Waals surface area (Å²) in [6.07, 6.45) is 2.84. The van der Waals surface area contributed by atoms with Crippen molar-refractivity contribution in [2.45, 2.75) is 31.2 Å². The molecule has 108 valence electrons. The van der Waals surface area contributed by atoms with Crippen molar-refractivity contribution in [3.05, 3.63) is 12.1 Å². The summed E-state index contributed by atoms with van der Waals surface area (Å²) < 4.78 is 0. The number of amides is 2. The number of hydrogen-bond acceptors (Lipinski definition) is 5. The molecule has 1 aliphatic carbocycles. The number of nitrogens with zero attached hydrogens (tertiary/aromatic N) is 2. The van der Waals surface area contributed by atoms with Crippen molar-refractivity contribution in [1.29, 1.82) is 0 Å². The van der Waals surface area contributed by atoms with Crippen molar-refractivity contribution in [1.82, 2.24) is 15.5 Å². The highest BCUT2D eigenvalue weighted by atomic mass is 32.2. The van der Waals surface area contributed by atoms with E-state index in [1.54, 1.807) is 12.1 Å². The summed E-state index contributed by atoms with van der Waals surface area (Å²) in [5.41, 5.74) is 0. The highest BCUT2D eigenvalue weighted by Crippen LogP contribution is 2.29. The van der Waals surface area contributed by atoms with E-state index in [9.17, 15) is 9.59 Å². The van der Waals surface area contributed by atoms with E-state index < -0.39 is 0 Å². The normalized spacial score (nSPS) is 13.8. The van der Waals surface area contributed by atoms with Crippen LogP contribution in [-0.4, -0.2) is 34.3 Å². The summed E-state index contributed by atoms with van der Waals surface area (Å²) in [5.74, 6) is 0.931. The first-order valence-electron chi connectivity index (χ1n) is 6.73. The van der Waals surface area contributed by atoms with Gasteiger partial charge in [-0.25, -0.2) is 0 Å². The molecule has 0 radical (unpaired) electrons. The van der Waals surface area contributed by atoms with Crippen molar-refractivity contribution >= 4 is 29.4 Å². The predicted molar refractivity (Wildman–Crippen MR) is 77.4 cm³/mol. The molecule has 0 aliphatic heterocycles. The van der Waals surface area contributed by atoms with Crippen LogP contribution >= 0.6 is 11.8 Å². The number of thioether (sulfide) groups is 1. The second-order valence-electron chi connectivity index (χ2n) is 4.66. The Bertz CT molecular complexity index is 474. The SMILES string of the molecule is CCCNC(=O)CSc1ccc(NC(=O)C2CC2)nn1. The van der Waals surface area contributed by atoms with Crippen LogP contribution in [-0.2, 0) is 9.59 Å². The highest BCUT2D eigenvalue weighted by molar-refractivity contribution is 7.99. The lowest BCUT2D eigenvalue weighted by Gasteiger charge is -2.04. The van der Waals surface area contributed by atoms with E-state index in [1.165, 1.54) is 11.8 Å². The van der Waals surface area contributed by atoms with Crippen LogP contribution < -0.4 is 10.6 Å². The minimum Gasteiger partial charge on any atom is -0.355 e. The van der Waals surface area contributed by atoms with Gasteiger partial charge >= 0.3 is 0 Å². The Kier molecular flexibility index (Phi) is 5.34. The van der Waals surface area contributed by atoms with Gasteiger partial charge in [0.25, 0.3) is 0 Å². The summed E-state index contributed by atoms with van der Waals surface area (Å²) in [6, 6.07) is 3.47. The zero-order chi connectivity index (χ0) is 14.4. The smallest absolute Gasteiger partial charge is 0.230 e. The fraction of sp³-hybridized carbons (Fsp3) is 0.538. The molecule has 2 rings (SSSR count). The van der Waals surface area contributed by atoms with Gasteiger partial charge in [0, 0.05) is 12.5 Å². The molecule has 0 spiro atoms. The summed E-state index contributed by atoms with van der Waals surface area (Å²) in [5, 5.41) is 14.1. The van der Waals surface area contributed by atoms with Gasteiger partial charge in [0.2, 0.25) is 11.8 Å². The lowest BCUT2D eigenvalue weighted by molar-refractivity contribution is -0.118. The van der Waals surface area contributed by atoms with E-state index >= 15 is 0 Å². The average molecular weight is 294 g/mol. The van der Waals surface area contributed by atoms with Gasteiger partial charge in [-0.15, -0.1) is 10.2 Å². The van der Waals surface area contributed by atoms with Gasteiger partial charge in [-0.3, -0.25) is 9.59 Å². The Balaban J connectivity index is 1.76. The van der Waals surface area contributed by atoms with Crippen molar-refractivity contribution in [3.63, 3.8) is 0 Å². The number of nitrogens with one attached hydrogen (secondary N) is 2. The molecule has 1 fully saturated rings. The lowest BCUT2D eigenvalue weighted by atomic mass is 10.4. The van der Waals surface area contributed by atoms with Crippen LogP contribution in [0.1, 0.15) is 26.2 Å². The second-order valence-corrected chi connectivity index (χ2v) is 5.65. The first kappa shape index (κ1) is 14.8. The molecule has 2 N–H and O–H groups in total. The van der Waals surface area contributed by atoms with E-state index in [4.69, 9.17) is 0 Å². The van der Waals surface area contributed by atoms with Gasteiger partial charge in [-0.05, 0) is 31.4 Å². The van der Waals surface area contributed by atoms with Crippen molar-refractivity contribution in [3.8, 4) is 0 Å². The first-order valence-corrected chi connectivity index (χ1v) is 7.71. The summed E-state index contributed by atoms with van der Waals surface area (Å²) in [6.45, 7) is 2.70. The minimum absolute atomic E-state index is 0.00948. The molecular weight excluding hydrogens is 276 g/mol. The minimum atomic E-state index is -0.00948. The fourth-order valence-electron chi connectivity index (χ4n) is 1.49. The Morgan fingerprint density at radius 2 is 2.15 bits per heavy atom. The van der Waals surface area contributed by atoms with Gasteiger partial charge in [-0.1, -0.05) is 18.7 Å². The molecule has 1 saturated carbocycles. The number of carbonyl (C=O) groups excluding carboxylic acids is 2. The molecule has 7 heteroatoms. The molecule has 2 amide bonds. The zero-order valence-electron chi connectivity index (χ0n) is 11.4. The van der Waals surface area contributed by atoms with Crippen LogP contribution in [0.2, 0.25) is 0 Å². The molecule has 0 aromatic carbocycles. The standard InChI is InChI=1S/C13H18N4O2S/c1-2-7-14-11(18)8-20-12-6-5-10(16-17-12)15-13(19)9-3-4-9/h5-6,9H,2-4,7-8H2,1H3,(H,14,18)(H,15,16,19). The topological polar surface area (TPSA) is 84.0 Å². The predicted octanol–water partition coefficient (Wildman–Crippen LogP) is 1.44. The highest BCUT2D eigenvalue weighted by Gasteiger charge is 2.29. The van der Waals surface area contributed by atoms with Crippen molar-refractivity contribution in [2.75, 3.05) is 17.6 Å². The molecule has 0 unspecified atom stereocenters. The Labute approximate surface area is 122 Å². The van der Waals surface area contributed by atoms with Crippen LogP contribution in [0, 0.1) is 5.92 Å². The van der Waals surface area contributed by atoms with Crippen molar-refractivity contribution in [2.24, 2.45) is 5.92 Å². The quantitative estimate of drug-likeness (QED) is 0.743. The first-order chi connectivity index (χ1) is 9.69. The van der Waals surface area contributed by atoms with Crippen LogP contribution in [0.3, 0.4) is 0 Å². The number of hydrogen-bond donors (Lipinski definition) is 2. The van der Waals surface area contributed by atoms with Gasteiger partial charge in [0.05, 0.1) is 5.75 Å². The molecule has 20 heavy (non-hydrogen) atoms. The van der Waals surface area contributed by atoms with E-state index in [2.05, 4.69) is 20.8 Å². The molecule has 0 saturated heterocycles. The number of anilines is 1. The molecule has 1 aliphatic rings. The van der Waals surface area contributed by atoms with E-state index in [0.29, 0.717) is 23.1 Å². The number of rotatable bonds is 7. The number of carbonyl (C=O) groups is 2. The van der Waals surface area contributed by atoms with Gasteiger partial charge in [0.15, 0.2) is 5.82 Å². The summed E-state index contributed by atoms with van der Waals surface area (Å²) in [7, 11) is 0. The Hall–Kier alpha value is -1.63. The Morgan fingerprint density at radius 1 is 1.35 bits per heavy atom. The van der Waals surface area contributed by atoms with Gasteiger partial charge in [0.1, 0.15) is 5.03 Å². The van der Waals surface area contributed by atoms with Crippen LogP contribution in [0.5, 0.6) is 0 Å². The fourth-order valence-corrected chi connectivity index (χ4v) is 2.14. The summed E-state index contributed by atoms with van der Waals surface area (Å²) in [4.78, 5) is 23.0. The zero-order valence-corrected chi connectivity index (χ0v) is 12.2. The Morgan fingerprint density at radius 3 is 2.75 bits per heavy atom. The maximum Gasteiger partial charge on any atom is 0.230 e. The monoisotopic (exact) mass is 294 g/mol. The molecule has 0 bridgehead atoms. The van der Waals surface area contributed by atoms with Gasteiger partial charge < -0.3 is 10.6 Å². The third-order valence-corrected chi connectivity index (χ3v) is 3.68. The van der Waals surface area contributed by atoms with Crippen LogP contribution in [0.25, 0.3) is 0 Å². The maximum atomic E-state index is 11.5. The van der Waals surface area contributed by atoms with Crippen LogP contribution in [0.4, 0.5) is 5.82 Å². The summed E-state index contributed by atoms with van der Waals surface area (Å²) >= 11 is 1.33. The van der Waals surface area contributed by atoms with E-state index in [0.717, 1.165) is 19.3 Å². The molecule has 6 nitrogen and oxygen atoms in total. The lowest BCUT2D eigenvalue weighted by Crippen LogP contribution is -2.25.